The van der Waals surface area contributed by atoms with Gasteiger partial charge in [0.15, 0.2) is 5.69 Å². The maximum Gasteiger partial charge on any atom is 0.274 e. The first-order valence-electron chi connectivity index (χ1n) is 10.3. The van der Waals surface area contributed by atoms with E-state index in [2.05, 4.69) is 48.2 Å². The van der Waals surface area contributed by atoms with Gasteiger partial charge in [0.25, 0.3) is 11.8 Å². The monoisotopic (exact) mass is 393 g/mol. The lowest BCUT2D eigenvalue weighted by Gasteiger charge is -2.27. The van der Waals surface area contributed by atoms with Crippen molar-refractivity contribution >= 4 is 11.8 Å². The quantitative estimate of drug-likeness (QED) is 0.779. The van der Waals surface area contributed by atoms with E-state index < -0.39 is 0 Å². The van der Waals surface area contributed by atoms with E-state index in [9.17, 15) is 9.59 Å². The number of fused-ring (bicyclic) bond motifs is 2. The molecule has 1 aromatic heterocycles. The van der Waals surface area contributed by atoms with E-state index in [1.165, 1.54) is 11.1 Å². The number of likely N-dealkylation sites (N-methyl/N-ethyl adjacent to an activating group) is 1. The third-order valence-corrected chi connectivity index (χ3v) is 6.90. The van der Waals surface area contributed by atoms with Crippen LogP contribution < -0.4 is 0 Å². The number of rotatable bonds is 2. The Labute approximate surface area is 170 Å². The maximum atomic E-state index is 13.2. The number of aryl methyl sites for hydroxylation is 1. The molecule has 3 atom stereocenters. The average molecular weight is 393 g/mol. The predicted octanol–water partition coefficient (Wildman–Crippen LogP) is 1.65. The standard InChI is InChI=1S/C22H27N5O2/c1-14-6-4-5-7-16(14)20-17-13-26(12-15(17)11-25(20)3)21(28)18-10-19-22(29)24(2)8-9-27(19)23-18/h4-7,10,15,17,20H,8-9,11-13H2,1-3H3/t15-,17+,20+/m0/s1. The molecular formula is C22H27N5O2. The van der Waals surface area contributed by atoms with Crippen molar-refractivity contribution in [2.24, 2.45) is 11.8 Å². The number of amides is 2. The number of likely N-dealkylation sites (tertiary alicyclic amines) is 2. The van der Waals surface area contributed by atoms with Gasteiger partial charge in [-0.2, -0.15) is 5.10 Å². The van der Waals surface area contributed by atoms with Gasteiger partial charge in [-0.25, -0.2) is 0 Å². The minimum atomic E-state index is -0.0673. The van der Waals surface area contributed by atoms with Crippen LogP contribution in [0.3, 0.4) is 0 Å². The van der Waals surface area contributed by atoms with Gasteiger partial charge in [0.05, 0.1) is 6.54 Å². The zero-order valence-electron chi connectivity index (χ0n) is 17.2. The number of nitrogens with zero attached hydrogens (tertiary/aromatic N) is 5. The second-order valence-corrected chi connectivity index (χ2v) is 8.74. The van der Waals surface area contributed by atoms with Crippen LogP contribution in [0.1, 0.15) is 38.1 Å². The molecule has 0 saturated carbocycles. The number of aromatic nitrogens is 2. The molecule has 0 unspecified atom stereocenters. The Kier molecular flexibility index (Phi) is 4.24. The van der Waals surface area contributed by atoms with E-state index in [4.69, 9.17) is 0 Å². The fraction of sp³-hybridized carbons (Fsp3) is 0.500. The van der Waals surface area contributed by atoms with Gasteiger partial charge in [-0.3, -0.25) is 19.2 Å². The molecule has 2 aromatic rings. The van der Waals surface area contributed by atoms with Gasteiger partial charge < -0.3 is 9.80 Å². The molecule has 1 aromatic carbocycles. The summed E-state index contributed by atoms with van der Waals surface area (Å²) in [6, 6.07) is 10.6. The largest absolute Gasteiger partial charge is 0.339 e. The summed E-state index contributed by atoms with van der Waals surface area (Å²) in [6.07, 6.45) is 0. The van der Waals surface area contributed by atoms with E-state index in [-0.39, 0.29) is 11.8 Å². The smallest absolute Gasteiger partial charge is 0.274 e. The van der Waals surface area contributed by atoms with Crippen molar-refractivity contribution in [1.29, 1.82) is 0 Å². The molecule has 2 amide bonds. The average Bonchev–Trinajstić information content (AvgIpc) is 3.38. The Balaban J connectivity index is 1.37. The Hall–Kier alpha value is -2.67. The lowest BCUT2D eigenvalue weighted by atomic mass is 9.88. The fourth-order valence-corrected chi connectivity index (χ4v) is 5.38. The Morgan fingerprint density at radius 2 is 1.90 bits per heavy atom. The van der Waals surface area contributed by atoms with Gasteiger partial charge in [0.1, 0.15) is 5.69 Å². The van der Waals surface area contributed by atoms with Gasteiger partial charge in [0, 0.05) is 51.3 Å². The van der Waals surface area contributed by atoms with E-state index in [0.717, 1.165) is 19.6 Å². The number of hydrogen-bond acceptors (Lipinski definition) is 4. The minimum Gasteiger partial charge on any atom is -0.339 e. The van der Waals surface area contributed by atoms with Crippen LogP contribution in [0.4, 0.5) is 0 Å². The summed E-state index contributed by atoms with van der Waals surface area (Å²) in [5.41, 5.74) is 3.57. The molecule has 2 saturated heterocycles. The zero-order valence-corrected chi connectivity index (χ0v) is 17.2. The van der Waals surface area contributed by atoms with E-state index in [1.54, 1.807) is 22.7 Å². The van der Waals surface area contributed by atoms with Gasteiger partial charge >= 0.3 is 0 Å². The molecule has 0 aliphatic carbocycles. The number of carbonyl (C=O) groups is 2. The first-order chi connectivity index (χ1) is 13.9. The summed E-state index contributed by atoms with van der Waals surface area (Å²) in [5.74, 6) is 0.777. The SMILES string of the molecule is Cc1ccccc1[C@@H]1[C@@H]2CN(C(=O)c3cc4n(n3)CCN(C)C4=O)C[C@@H]2CN1C. The van der Waals surface area contributed by atoms with E-state index in [0.29, 0.717) is 42.4 Å². The first-order valence-corrected chi connectivity index (χ1v) is 10.3. The van der Waals surface area contributed by atoms with Crippen LogP contribution in [-0.4, -0.2) is 76.6 Å². The van der Waals surface area contributed by atoms with Crippen LogP contribution in [0.15, 0.2) is 30.3 Å². The molecule has 0 spiro atoms. The topological polar surface area (TPSA) is 61.7 Å². The van der Waals surface area contributed by atoms with Crippen molar-refractivity contribution in [3.63, 3.8) is 0 Å². The molecule has 2 fully saturated rings. The van der Waals surface area contributed by atoms with Gasteiger partial charge in [-0.15, -0.1) is 0 Å². The third-order valence-electron chi connectivity index (χ3n) is 6.90. The summed E-state index contributed by atoms with van der Waals surface area (Å²) in [6.45, 7) is 5.92. The second kappa shape index (κ2) is 6.69. The summed E-state index contributed by atoms with van der Waals surface area (Å²) >= 11 is 0. The first kappa shape index (κ1) is 18.4. The summed E-state index contributed by atoms with van der Waals surface area (Å²) in [5, 5.41) is 4.45. The molecule has 5 rings (SSSR count). The van der Waals surface area contributed by atoms with E-state index in [1.807, 2.05) is 4.90 Å². The molecule has 3 aliphatic rings. The van der Waals surface area contributed by atoms with Crippen LogP contribution in [-0.2, 0) is 6.54 Å². The summed E-state index contributed by atoms with van der Waals surface area (Å²) < 4.78 is 1.68. The highest BCUT2D eigenvalue weighted by Gasteiger charge is 2.48. The lowest BCUT2D eigenvalue weighted by molar-refractivity contribution is 0.0736. The Bertz CT molecular complexity index is 983. The molecule has 29 heavy (non-hydrogen) atoms. The zero-order chi connectivity index (χ0) is 20.3. The second-order valence-electron chi connectivity index (χ2n) is 8.74. The highest BCUT2D eigenvalue weighted by molar-refractivity contribution is 5.98. The van der Waals surface area contributed by atoms with Gasteiger partial charge in [0.2, 0.25) is 0 Å². The third kappa shape index (κ3) is 2.87. The number of carbonyl (C=O) groups excluding carboxylic acids is 2. The van der Waals surface area contributed by atoms with Gasteiger partial charge in [-0.05, 0) is 31.0 Å². The molecular weight excluding hydrogens is 366 g/mol. The van der Waals surface area contributed by atoms with Crippen molar-refractivity contribution in [2.45, 2.75) is 19.5 Å². The van der Waals surface area contributed by atoms with Crippen molar-refractivity contribution in [1.82, 2.24) is 24.5 Å². The molecule has 152 valence electrons. The molecule has 7 heteroatoms. The van der Waals surface area contributed by atoms with E-state index >= 15 is 0 Å². The van der Waals surface area contributed by atoms with Crippen molar-refractivity contribution in [3.05, 3.63) is 52.8 Å². The Morgan fingerprint density at radius 1 is 1.10 bits per heavy atom. The van der Waals surface area contributed by atoms with Gasteiger partial charge in [-0.1, -0.05) is 24.3 Å². The van der Waals surface area contributed by atoms with Crippen LogP contribution in [0.2, 0.25) is 0 Å². The fourth-order valence-electron chi connectivity index (χ4n) is 5.38. The molecule has 0 N–H and O–H groups in total. The maximum absolute atomic E-state index is 13.2. The van der Waals surface area contributed by atoms with Crippen molar-refractivity contribution in [3.8, 4) is 0 Å². The molecule has 4 heterocycles. The van der Waals surface area contributed by atoms with Crippen molar-refractivity contribution < 1.29 is 9.59 Å². The van der Waals surface area contributed by atoms with Crippen LogP contribution in [0, 0.1) is 18.8 Å². The summed E-state index contributed by atoms with van der Waals surface area (Å²) in [4.78, 5) is 31.6. The van der Waals surface area contributed by atoms with Crippen LogP contribution in [0.25, 0.3) is 0 Å². The van der Waals surface area contributed by atoms with Crippen LogP contribution >= 0.6 is 0 Å². The molecule has 7 nitrogen and oxygen atoms in total. The van der Waals surface area contributed by atoms with Crippen molar-refractivity contribution in [2.75, 3.05) is 40.3 Å². The van der Waals surface area contributed by atoms with Crippen LogP contribution in [0.5, 0.6) is 0 Å². The number of benzene rings is 1. The normalized spacial score (nSPS) is 26.7. The highest BCUT2D eigenvalue weighted by atomic mass is 16.2. The Morgan fingerprint density at radius 3 is 2.69 bits per heavy atom. The lowest BCUT2D eigenvalue weighted by Crippen LogP contribution is -2.37. The highest BCUT2D eigenvalue weighted by Crippen LogP contribution is 2.45. The molecule has 3 aliphatic heterocycles. The minimum absolute atomic E-state index is 0.0528. The molecule has 0 radical (unpaired) electrons. The summed E-state index contributed by atoms with van der Waals surface area (Å²) in [7, 11) is 3.97. The number of hydrogen-bond donors (Lipinski definition) is 0. The predicted molar refractivity (Wildman–Crippen MR) is 109 cm³/mol. The molecule has 0 bridgehead atoms.